The van der Waals surface area contributed by atoms with E-state index in [0.717, 1.165) is 6.42 Å². The molecular weight excluding hydrogens is 394 g/mol. The summed E-state index contributed by atoms with van der Waals surface area (Å²) in [6.07, 6.45) is 1.07. The molecule has 0 aromatic rings. The highest BCUT2D eigenvalue weighted by atomic mass is 16.4. The van der Waals surface area contributed by atoms with Gasteiger partial charge in [-0.3, -0.25) is 14.4 Å². The molecule has 6 unspecified atom stereocenters. The lowest BCUT2D eigenvalue weighted by Crippen LogP contribution is -2.59. The monoisotopic (exact) mass is 431 g/mol. The van der Waals surface area contributed by atoms with Gasteiger partial charge in [0.25, 0.3) is 0 Å². The van der Waals surface area contributed by atoms with Crippen LogP contribution >= 0.6 is 0 Å². The van der Waals surface area contributed by atoms with E-state index < -0.39 is 54.0 Å². The number of carbonyl (C=O) groups excluding carboxylic acids is 3. The second kappa shape index (κ2) is 13.9. The summed E-state index contributed by atoms with van der Waals surface area (Å²) < 4.78 is 0. The first-order valence-corrected chi connectivity index (χ1v) is 10.2. The van der Waals surface area contributed by atoms with Gasteiger partial charge in [-0.05, 0) is 39.2 Å². The molecule has 0 aromatic heterocycles. The van der Waals surface area contributed by atoms with Gasteiger partial charge in [0, 0.05) is 0 Å². The second-order valence-corrected chi connectivity index (χ2v) is 7.56. The third-order valence-corrected chi connectivity index (χ3v) is 4.90. The third kappa shape index (κ3) is 9.51. The number of unbranched alkanes of at least 4 members (excludes halogenated alkanes) is 1. The molecule has 0 spiro atoms. The topological polar surface area (TPSA) is 197 Å². The number of aliphatic carboxylic acids is 1. The minimum Gasteiger partial charge on any atom is -0.480 e. The van der Waals surface area contributed by atoms with Crippen LogP contribution in [0.4, 0.5) is 0 Å². The van der Waals surface area contributed by atoms with E-state index in [9.17, 15) is 24.3 Å². The molecule has 0 rings (SSSR count). The van der Waals surface area contributed by atoms with Crippen molar-refractivity contribution in [2.45, 2.75) is 83.6 Å². The van der Waals surface area contributed by atoms with Gasteiger partial charge in [0.05, 0.1) is 12.1 Å². The minimum atomic E-state index is -1.51. The number of aliphatic hydroxyl groups is 1. The maximum atomic E-state index is 12.6. The molecule has 0 saturated carbocycles. The van der Waals surface area contributed by atoms with Crippen molar-refractivity contribution >= 4 is 23.7 Å². The molecule has 3 amide bonds. The van der Waals surface area contributed by atoms with Gasteiger partial charge in [-0.15, -0.1) is 0 Å². The van der Waals surface area contributed by atoms with Gasteiger partial charge in [-0.1, -0.05) is 26.7 Å². The van der Waals surface area contributed by atoms with Crippen molar-refractivity contribution in [2.75, 3.05) is 6.54 Å². The van der Waals surface area contributed by atoms with Crippen LogP contribution in [0.3, 0.4) is 0 Å². The van der Waals surface area contributed by atoms with Gasteiger partial charge in [0.15, 0.2) is 6.04 Å². The molecule has 9 N–H and O–H groups in total. The SMILES string of the molecule is CCC(C)C(NC(=O)C(C)NC(=O)C(N)CCCCN)C(=O)NC(C(=O)O)C(C)O. The molecular formula is C19H37N5O6. The van der Waals surface area contributed by atoms with Crippen LogP contribution in [0.5, 0.6) is 0 Å². The van der Waals surface area contributed by atoms with E-state index in [0.29, 0.717) is 25.8 Å². The van der Waals surface area contributed by atoms with Crippen LogP contribution in [0.25, 0.3) is 0 Å². The minimum absolute atomic E-state index is 0.321. The van der Waals surface area contributed by atoms with E-state index in [1.165, 1.54) is 13.8 Å². The van der Waals surface area contributed by atoms with Crippen molar-refractivity contribution in [2.24, 2.45) is 17.4 Å². The molecule has 0 bridgehead atoms. The van der Waals surface area contributed by atoms with E-state index in [-0.39, 0.29) is 5.92 Å². The lowest BCUT2D eigenvalue weighted by Gasteiger charge is -2.27. The maximum absolute atomic E-state index is 12.6. The molecule has 11 nitrogen and oxygen atoms in total. The third-order valence-electron chi connectivity index (χ3n) is 4.90. The summed E-state index contributed by atoms with van der Waals surface area (Å²) in [6.45, 7) is 6.74. The molecule has 0 aliphatic carbocycles. The Labute approximate surface area is 177 Å². The summed E-state index contributed by atoms with van der Waals surface area (Å²) in [5.74, 6) is -3.54. The Morgan fingerprint density at radius 2 is 1.47 bits per heavy atom. The number of nitrogens with one attached hydrogen (secondary N) is 3. The summed E-state index contributed by atoms with van der Waals surface area (Å²) in [6, 6.07) is -4.28. The summed E-state index contributed by atoms with van der Waals surface area (Å²) in [7, 11) is 0. The second-order valence-electron chi connectivity index (χ2n) is 7.56. The molecule has 6 atom stereocenters. The molecule has 0 heterocycles. The first-order chi connectivity index (χ1) is 14.0. The Kier molecular flexibility index (Phi) is 12.8. The number of carbonyl (C=O) groups is 4. The van der Waals surface area contributed by atoms with Crippen molar-refractivity contribution in [3.05, 3.63) is 0 Å². The molecule has 174 valence electrons. The van der Waals surface area contributed by atoms with E-state index in [2.05, 4.69) is 16.0 Å². The van der Waals surface area contributed by atoms with Crippen LogP contribution in [-0.2, 0) is 19.2 Å². The van der Waals surface area contributed by atoms with Crippen LogP contribution in [0.1, 0.15) is 53.4 Å². The highest BCUT2D eigenvalue weighted by molar-refractivity contribution is 5.94. The van der Waals surface area contributed by atoms with Gasteiger partial charge in [0.2, 0.25) is 17.7 Å². The zero-order chi connectivity index (χ0) is 23.4. The number of aliphatic hydroxyl groups excluding tert-OH is 1. The van der Waals surface area contributed by atoms with Crippen molar-refractivity contribution in [1.29, 1.82) is 0 Å². The van der Waals surface area contributed by atoms with Crippen molar-refractivity contribution in [3.8, 4) is 0 Å². The molecule has 11 heteroatoms. The summed E-state index contributed by atoms with van der Waals surface area (Å²) in [5.41, 5.74) is 11.2. The van der Waals surface area contributed by atoms with Crippen molar-refractivity contribution in [3.63, 3.8) is 0 Å². The molecule has 0 radical (unpaired) electrons. The molecule has 0 saturated heterocycles. The first-order valence-electron chi connectivity index (χ1n) is 10.2. The molecule has 0 aromatic carbocycles. The van der Waals surface area contributed by atoms with Gasteiger partial charge in [-0.2, -0.15) is 0 Å². The highest BCUT2D eigenvalue weighted by Crippen LogP contribution is 2.09. The number of carboxylic acids is 1. The predicted molar refractivity (Wildman–Crippen MR) is 111 cm³/mol. The lowest BCUT2D eigenvalue weighted by atomic mass is 9.97. The Hall–Kier alpha value is -2.24. The Morgan fingerprint density at radius 1 is 0.900 bits per heavy atom. The van der Waals surface area contributed by atoms with E-state index in [4.69, 9.17) is 16.6 Å². The molecule has 0 aliphatic rings. The van der Waals surface area contributed by atoms with Crippen molar-refractivity contribution < 1.29 is 29.4 Å². The van der Waals surface area contributed by atoms with Crippen LogP contribution in [0, 0.1) is 5.92 Å². The molecule has 0 aliphatic heterocycles. The predicted octanol–water partition coefficient (Wildman–Crippen LogP) is -1.57. The van der Waals surface area contributed by atoms with Crippen LogP contribution in [-0.4, -0.2) is 70.7 Å². The Bertz CT molecular complexity index is 586. The highest BCUT2D eigenvalue weighted by Gasteiger charge is 2.33. The van der Waals surface area contributed by atoms with Gasteiger partial charge < -0.3 is 37.6 Å². The van der Waals surface area contributed by atoms with Gasteiger partial charge in [-0.25, -0.2) is 4.79 Å². The van der Waals surface area contributed by atoms with Crippen LogP contribution in [0.2, 0.25) is 0 Å². The first kappa shape index (κ1) is 27.8. The maximum Gasteiger partial charge on any atom is 0.328 e. The average molecular weight is 432 g/mol. The summed E-state index contributed by atoms with van der Waals surface area (Å²) >= 11 is 0. The van der Waals surface area contributed by atoms with Gasteiger partial charge >= 0.3 is 5.97 Å². The molecule has 30 heavy (non-hydrogen) atoms. The smallest absolute Gasteiger partial charge is 0.328 e. The van der Waals surface area contributed by atoms with E-state index in [1.807, 2.05) is 6.92 Å². The fourth-order valence-electron chi connectivity index (χ4n) is 2.64. The average Bonchev–Trinajstić information content (AvgIpc) is 2.68. The van der Waals surface area contributed by atoms with Gasteiger partial charge in [0.1, 0.15) is 12.1 Å². The Balaban J connectivity index is 5.03. The standard InChI is InChI=1S/C19H37N5O6/c1-5-10(2)14(18(28)24-15(12(4)25)19(29)30)23-16(26)11(3)22-17(27)13(21)8-6-7-9-20/h10-15,25H,5-9,20-21H2,1-4H3,(H,22,27)(H,23,26)(H,24,28)(H,29,30). The molecule has 0 fully saturated rings. The number of carboxylic acid groups (broad SMARTS) is 1. The fourth-order valence-corrected chi connectivity index (χ4v) is 2.64. The summed E-state index contributed by atoms with van der Waals surface area (Å²) in [5, 5.41) is 26.0. The largest absolute Gasteiger partial charge is 0.480 e. The zero-order valence-electron chi connectivity index (χ0n) is 18.2. The van der Waals surface area contributed by atoms with Crippen molar-refractivity contribution in [1.82, 2.24) is 16.0 Å². The number of amides is 3. The number of rotatable bonds is 14. The van der Waals surface area contributed by atoms with Crippen LogP contribution < -0.4 is 27.4 Å². The van der Waals surface area contributed by atoms with E-state index >= 15 is 0 Å². The fraction of sp³-hybridized carbons (Fsp3) is 0.789. The lowest BCUT2D eigenvalue weighted by molar-refractivity contribution is -0.145. The van der Waals surface area contributed by atoms with E-state index in [1.54, 1.807) is 6.92 Å². The Morgan fingerprint density at radius 3 is 1.93 bits per heavy atom. The normalized spacial score (nSPS) is 17.0. The number of nitrogens with two attached hydrogens (primary N) is 2. The zero-order valence-corrected chi connectivity index (χ0v) is 18.2. The number of hydrogen-bond donors (Lipinski definition) is 7. The van der Waals surface area contributed by atoms with Crippen LogP contribution in [0.15, 0.2) is 0 Å². The number of hydrogen-bond acceptors (Lipinski definition) is 7. The quantitative estimate of drug-likeness (QED) is 0.160. The summed E-state index contributed by atoms with van der Waals surface area (Å²) in [4.78, 5) is 48.5.